The van der Waals surface area contributed by atoms with Crippen molar-refractivity contribution in [1.82, 2.24) is 14.8 Å². The zero-order valence-electron chi connectivity index (χ0n) is 16.5. The molecule has 1 saturated heterocycles. The molecule has 0 aromatic carbocycles. The minimum atomic E-state index is -3.65. The van der Waals surface area contributed by atoms with Gasteiger partial charge in [0.2, 0.25) is 15.9 Å². The van der Waals surface area contributed by atoms with Crippen LogP contribution in [-0.2, 0) is 21.2 Å². The van der Waals surface area contributed by atoms with Crippen molar-refractivity contribution in [2.75, 3.05) is 13.1 Å². The van der Waals surface area contributed by atoms with Crippen molar-refractivity contribution >= 4 is 15.9 Å². The van der Waals surface area contributed by atoms with E-state index in [9.17, 15) is 13.2 Å². The first-order valence-electron chi connectivity index (χ1n) is 9.55. The summed E-state index contributed by atoms with van der Waals surface area (Å²) in [6.45, 7) is 5.80. The molecular weight excluding hydrogens is 382 g/mol. The molecule has 1 atom stereocenters. The summed E-state index contributed by atoms with van der Waals surface area (Å²) in [5.74, 6) is 1.00. The third kappa shape index (κ3) is 4.47. The summed E-state index contributed by atoms with van der Waals surface area (Å²) in [5, 5.41) is 6.78. The van der Waals surface area contributed by atoms with Crippen LogP contribution in [0.4, 0.5) is 0 Å². The third-order valence-electron chi connectivity index (χ3n) is 5.18. The summed E-state index contributed by atoms with van der Waals surface area (Å²) in [5.41, 5.74) is 0.364. The molecule has 0 unspecified atom stereocenters. The van der Waals surface area contributed by atoms with Crippen LogP contribution in [0.1, 0.15) is 43.4 Å². The molecule has 1 aliphatic heterocycles. The summed E-state index contributed by atoms with van der Waals surface area (Å²) >= 11 is 0. The lowest BCUT2D eigenvalue weighted by Crippen LogP contribution is -2.45. The van der Waals surface area contributed by atoms with E-state index in [1.165, 1.54) is 4.31 Å². The maximum Gasteiger partial charge on any atom is 0.248 e. The van der Waals surface area contributed by atoms with Crippen LogP contribution in [0.5, 0.6) is 0 Å². The summed E-state index contributed by atoms with van der Waals surface area (Å²) in [4.78, 5) is 12.7. The van der Waals surface area contributed by atoms with Crippen molar-refractivity contribution in [2.45, 2.75) is 57.4 Å². The molecule has 0 spiro atoms. The van der Waals surface area contributed by atoms with Crippen LogP contribution >= 0.6 is 0 Å². The number of rotatable bonds is 7. The average molecular weight is 410 g/mol. The van der Waals surface area contributed by atoms with Gasteiger partial charge in [-0.25, -0.2) is 8.42 Å². The fraction of sp³-hybridized carbons (Fsp3) is 0.579. The van der Waals surface area contributed by atoms with Gasteiger partial charge in [0.25, 0.3) is 0 Å². The first kappa shape index (κ1) is 20.6. The summed E-state index contributed by atoms with van der Waals surface area (Å²) in [6, 6.07) is 3.80. The number of aromatic nitrogens is 1. The van der Waals surface area contributed by atoms with E-state index >= 15 is 0 Å². The second kappa shape index (κ2) is 8.48. The van der Waals surface area contributed by atoms with Crippen molar-refractivity contribution < 1.29 is 22.2 Å². The molecular formula is C19H27N3O5S. The van der Waals surface area contributed by atoms with E-state index in [4.69, 9.17) is 8.94 Å². The van der Waals surface area contributed by atoms with Crippen molar-refractivity contribution in [3.05, 3.63) is 35.6 Å². The van der Waals surface area contributed by atoms with Crippen molar-refractivity contribution in [3.8, 4) is 0 Å². The number of carbonyl (C=O) groups excluding carboxylic acids is 1. The minimum absolute atomic E-state index is 0.0127. The smallest absolute Gasteiger partial charge is 0.248 e. The Morgan fingerprint density at radius 3 is 2.64 bits per heavy atom. The van der Waals surface area contributed by atoms with Gasteiger partial charge in [-0.3, -0.25) is 4.79 Å². The monoisotopic (exact) mass is 409 g/mol. The lowest BCUT2D eigenvalue weighted by Gasteiger charge is -2.31. The van der Waals surface area contributed by atoms with Gasteiger partial charge in [0.1, 0.15) is 16.3 Å². The van der Waals surface area contributed by atoms with Crippen molar-refractivity contribution in [3.63, 3.8) is 0 Å². The van der Waals surface area contributed by atoms with Crippen LogP contribution in [-0.4, -0.2) is 42.9 Å². The number of carbonyl (C=O) groups is 1. The molecule has 0 aliphatic carbocycles. The SMILES string of the molecule is Cc1noc(C)c1S(=O)(=O)N1CCC(C(=O)N[C@@H](C)CCc2ccco2)CC1. The Morgan fingerprint density at radius 1 is 1.36 bits per heavy atom. The number of nitrogens with one attached hydrogen (secondary N) is 1. The number of sulfonamides is 1. The summed E-state index contributed by atoms with van der Waals surface area (Å²) in [7, 11) is -3.65. The van der Waals surface area contributed by atoms with E-state index in [1.54, 1.807) is 20.1 Å². The molecule has 2 aromatic rings. The van der Waals surface area contributed by atoms with Gasteiger partial charge in [-0.15, -0.1) is 0 Å². The Kier molecular flexibility index (Phi) is 6.24. The van der Waals surface area contributed by atoms with E-state index in [0.29, 0.717) is 37.4 Å². The molecule has 0 radical (unpaired) electrons. The third-order valence-corrected chi connectivity index (χ3v) is 7.33. The second-order valence-electron chi connectivity index (χ2n) is 7.36. The first-order chi connectivity index (χ1) is 13.3. The molecule has 0 saturated carbocycles. The summed E-state index contributed by atoms with van der Waals surface area (Å²) in [6.07, 6.45) is 4.20. The van der Waals surface area contributed by atoms with E-state index in [0.717, 1.165) is 18.6 Å². The van der Waals surface area contributed by atoms with Crippen molar-refractivity contribution in [2.24, 2.45) is 5.92 Å². The highest BCUT2D eigenvalue weighted by molar-refractivity contribution is 7.89. The van der Waals surface area contributed by atoms with E-state index in [2.05, 4.69) is 10.5 Å². The number of hydrogen-bond donors (Lipinski definition) is 1. The Balaban J connectivity index is 1.51. The first-order valence-corrected chi connectivity index (χ1v) is 11.0. The number of aryl methyl sites for hydroxylation is 3. The van der Waals surface area contributed by atoms with Crippen LogP contribution in [0.3, 0.4) is 0 Å². The second-order valence-corrected chi connectivity index (χ2v) is 9.23. The van der Waals surface area contributed by atoms with Gasteiger partial charge in [0.15, 0.2) is 5.76 Å². The molecule has 2 aromatic heterocycles. The Bertz CT molecular complexity index is 877. The molecule has 0 bridgehead atoms. The fourth-order valence-electron chi connectivity index (χ4n) is 3.58. The molecule has 28 heavy (non-hydrogen) atoms. The van der Waals surface area contributed by atoms with E-state index in [1.807, 2.05) is 19.1 Å². The number of furan rings is 1. The van der Waals surface area contributed by atoms with Gasteiger partial charge in [-0.2, -0.15) is 4.31 Å². The molecule has 1 fully saturated rings. The Labute approximate surface area is 165 Å². The van der Waals surface area contributed by atoms with Gasteiger partial charge in [-0.05, 0) is 52.2 Å². The van der Waals surface area contributed by atoms with Crippen molar-refractivity contribution in [1.29, 1.82) is 0 Å². The molecule has 1 aliphatic rings. The molecule has 9 heteroatoms. The van der Waals surface area contributed by atoms with Crippen LogP contribution in [0.15, 0.2) is 32.2 Å². The van der Waals surface area contributed by atoms with Crippen LogP contribution < -0.4 is 5.32 Å². The van der Waals surface area contributed by atoms with Crippen LogP contribution in [0, 0.1) is 19.8 Å². The van der Waals surface area contributed by atoms with Crippen LogP contribution in [0.2, 0.25) is 0 Å². The number of hydrogen-bond acceptors (Lipinski definition) is 6. The zero-order chi connectivity index (χ0) is 20.3. The normalized spacial score (nSPS) is 17.5. The maximum atomic E-state index is 12.9. The van der Waals surface area contributed by atoms with Crippen LogP contribution in [0.25, 0.3) is 0 Å². The lowest BCUT2D eigenvalue weighted by molar-refractivity contribution is -0.126. The van der Waals surface area contributed by atoms with Gasteiger partial charge < -0.3 is 14.3 Å². The minimum Gasteiger partial charge on any atom is -0.469 e. The molecule has 1 N–H and O–H groups in total. The number of piperidine rings is 1. The highest BCUT2D eigenvalue weighted by Crippen LogP contribution is 2.27. The lowest BCUT2D eigenvalue weighted by atomic mass is 9.96. The van der Waals surface area contributed by atoms with Gasteiger partial charge in [-0.1, -0.05) is 5.16 Å². The predicted molar refractivity (Wildman–Crippen MR) is 102 cm³/mol. The topological polar surface area (TPSA) is 106 Å². The fourth-order valence-corrected chi connectivity index (χ4v) is 5.34. The maximum absolute atomic E-state index is 12.9. The molecule has 1 amide bonds. The Hall–Kier alpha value is -2.13. The van der Waals surface area contributed by atoms with E-state index < -0.39 is 10.0 Å². The molecule has 3 rings (SSSR count). The van der Waals surface area contributed by atoms with E-state index in [-0.39, 0.29) is 22.8 Å². The predicted octanol–water partition coefficient (Wildman–Crippen LogP) is 2.42. The number of nitrogens with zero attached hydrogens (tertiary/aromatic N) is 2. The van der Waals surface area contributed by atoms with Gasteiger partial charge in [0, 0.05) is 31.5 Å². The quantitative estimate of drug-likeness (QED) is 0.753. The highest BCUT2D eigenvalue weighted by Gasteiger charge is 2.35. The zero-order valence-corrected chi connectivity index (χ0v) is 17.3. The highest BCUT2D eigenvalue weighted by atomic mass is 32.2. The molecule has 3 heterocycles. The molecule has 154 valence electrons. The largest absolute Gasteiger partial charge is 0.469 e. The number of amides is 1. The van der Waals surface area contributed by atoms with Gasteiger partial charge >= 0.3 is 0 Å². The molecule has 8 nitrogen and oxygen atoms in total. The van der Waals surface area contributed by atoms with Gasteiger partial charge in [0.05, 0.1) is 6.26 Å². The Morgan fingerprint density at radius 2 is 2.07 bits per heavy atom. The summed E-state index contributed by atoms with van der Waals surface area (Å²) < 4.78 is 37.4. The average Bonchev–Trinajstić information content (AvgIpc) is 3.30. The standard InChI is InChI=1S/C19H27N3O5S/c1-13(6-7-17-5-4-12-26-17)20-19(23)16-8-10-22(11-9-16)28(24,25)18-14(2)21-27-15(18)3/h4-5,12-13,16H,6-11H2,1-3H3,(H,20,23)/t13-/m0/s1.